The fraction of sp³-hybridized carbons (Fsp3) is 0.667. The lowest BCUT2D eigenvalue weighted by Crippen LogP contribution is -2.31. The summed E-state index contributed by atoms with van der Waals surface area (Å²) in [7, 11) is 0. The molecule has 0 aliphatic heterocycles. The van der Waals surface area contributed by atoms with Gasteiger partial charge in [0, 0.05) is 23.3 Å². The highest BCUT2D eigenvalue weighted by Gasteiger charge is 2.14. The second-order valence-electron chi connectivity index (χ2n) is 3.92. The van der Waals surface area contributed by atoms with E-state index in [1.165, 1.54) is 0 Å². The summed E-state index contributed by atoms with van der Waals surface area (Å²) >= 11 is 0. The third-order valence-corrected chi connectivity index (χ3v) is 2.85. The van der Waals surface area contributed by atoms with Crippen LogP contribution in [0.15, 0.2) is 12.4 Å². The minimum Gasteiger partial charge on any atom is -0.314 e. The molecular formula is C12H21N3. The predicted octanol–water partition coefficient (Wildman–Crippen LogP) is 2.14. The molecule has 84 valence electrons. The normalized spacial score (nSPS) is 14.9. The third-order valence-electron chi connectivity index (χ3n) is 2.85. The Kier molecular flexibility index (Phi) is 4.69. The van der Waals surface area contributed by atoms with Gasteiger partial charge in [-0.1, -0.05) is 20.8 Å². The number of likely N-dealkylation sites (N-methyl/N-ethyl adjacent to an activating group) is 1. The van der Waals surface area contributed by atoms with Crippen LogP contribution in [0, 0.1) is 0 Å². The Balaban J connectivity index is 2.76. The van der Waals surface area contributed by atoms with Crippen molar-refractivity contribution in [2.75, 3.05) is 6.54 Å². The molecule has 2 atom stereocenters. The van der Waals surface area contributed by atoms with Crippen molar-refractivity contribution < 1.29 is 0 Å². The SMILES string of the molecule is CCNC(C)C(C)c1cc(CC)ncn1. The third kappa shape index (κ3) is 3.27. The molecule has 0 fully saturated rings. The standard InChI is InChI=1S/C12H21N3/c1-5-11-7-12(15-8-14-11)9(3)10(4)13-6-2/h7-10,13H,5-6H2,1-4H3. The largest absolute Gasteiger partial charge is 0.314 e. The molecule has 1 heterocycles. The molecule has 0 aliphatic carbocycles. The van der Waals surface area contributed by atoms with E-state index in [9.17, 15) is 0 Å². The van der Waals surface area contributed by atoms with Crippen LogP contribution in [0.3, 0.4) is 0 Å². The van der Waals surface area contributed by atoms with Crippen LogP contribution in [0.25, 0.3) is 0 Å². The van der Waals surface area contributed by atoms with E-state index >= 15 is 0 Å². The number of rotatable bonds is 5. The highest BCUT2D eigenvalue weighted by molar-refractivity contribution is 5.13. The van der Waals surface area contributed by atoms with Crippen LogP contribution >= 0.6 is 0 Å². The molecule has 0 spiro atoms. The van der Waals surface area contributed by atoms with Gasteiger partial charge in [-0.05, 0) is 26.0 Å². The molecule has 2 unspecified atom stereocenters. The van der Waals surface area contributed by atoms with E-state index in [0.717, 1.165) is 24.4 Å². The monoisotopic (exact) mass is 207 g/mol. The van der Waals surface area contributed by atoms with Gasteiger partial charge in [-0.3, -0.25) is 0 Å². The summed E-state index contributed by atoms with van der Waals surface area (Å²) in [6, 6.07) is 2.56. The first-order valence-corrected chi connectivity index (χ1v) is 5.73. The Morgan fingerprint density at radius 2 is 2.00 bits per heavy atom. The summed E-state index contributed by atoms with van der Waals surface area (Å²) in [4.78, 5) is 8.55. The molecule has 15 heavy (non-hydrogen) atoms. The van der Waals surface area contributed by atoms with Gasteiger partial charge in [-0.25, -0.2) is 9.97 Å². The van der Waals surface area contributed by atoms with Gasteiger partial charge in [0.25, 0.3) is 0 Å². The zero-order valence-electron chi connectivity index (χ0n) is 10.1. The average Bonchev–Trinajstić information content (AvgIpc) is 2.28. The van der Waals surface area contributed by atoms with Gasteiger partial charge >= 0.3 is 0 Å². The first kappa shape index (κ1) is 12.1. The van der Waals surface area contributed by atoms with Crippen molar-refractivity contribution in [2.24, 2.45) is 0 Å². The molecule has 0 aliphatic rings. The number of aromatic nitrogens is 2. The van der Waals surface area contributed by atoms with Crippen molar-refractivity contribution in [2.45, 2.75) is 46.1 Å². The van der Waals surface area contributed by atoms with E-state index in [0.29, 0.717) is 12.0 Å². The van der Waals surface area contributed by atoms with Crippen LogP contribution in [0.2, 0.25) is 0 Å². The smallest absolute Gasteiger partial charge is 0.115 e. The molecule has 1 aromatic heterocycles. The van der Waals surface area contributed by atoms with E-state index in [2.05, 4.69) is 49.0 Å². The van der Waals surface area contributed by atoms with Crippen LogP contribution in [0.5, 0.6) is 0 Å². The first-order chi connectivity index (χ1) is 7.19. The summed E-state index contributed by atoms with van der Waals surface area (Å²) in [6.07, 6.45) is 2.64. The van der Waals surface area contributed by atoms with Gasteiger partial charge in [-0.15, -0.1) is 0 Å². The van der Waals surface area contributed by atoms with Crippen LogP contribution in [-0.4, -0.2) is 22.6 Å². The zero-order valence-corrected chi connectivity index (χ0v) is 10.1. The van der Waals surface area contributed by atoms with Crippen molar-refractivity contribution in [3.05, 3.63) is 23.8 Å². The molecule has 0 aromatic carbocycles. The molecule has 0 saturated carbocycles. The fourth-order valence-electron chi connectivity index (χ4n) is 1.61. The topological polar surface area (TPSA) is 37.8 Å². The molecule has 1 aromatic rings. The number of hydrogen-bond acceptors (Lipinski definition) is 3. The zero-order chi connectivity index (χ0) is 11.3. The second kappa shape index (κ2) is 5.81. The summed E-state index contributed by atoms with van der Waals surface area (Å²) in [5.74, 6) is 0.429. The van der Waals surface area contributed by atoms with E-state index < -0.39 is 0 Å². The van der Waals surface area contributed by atoms with Gasteiger partial charge < -0.3 is 5.32 Å². The lowest BCUT2D eigenvalue weighted by molar-refractivity contribution is 0.486. The first-order valence-electron chi connectivity index (χ1n) is 5.73. The maximum atomic E-state index is 4.34. The maximum Gasteiger partial charge on any atom is 0.115 e. The van der Waals surface area contributed by atoms with Gasteiger partial charge in [0.15, 0.2) is 0 Å². The van der Waals surface area contributed by atoms with E-state index in [-0.39, 0.29) is 0 Å². The van der Waals surface area contributed by atoms with E-state index in [1.807, 2.05) is 0 Å². The van der Waals surface area contributed by atoms with Crippen LogP contribution in [0.4, 0.5) is 0 Å². The molecule has 0 saturated heterocycles. The Labute approximate surface area is 92.3 Å². The van der Waals surface area contributed by atoms with Crippen molar-refractivity contribution in [1.82, 2.24) is 15.3 Å². The van der Waals surface area contributed by atoms with Crippen molar-refractivity contribution >= 4 is 0 Å². The molecular weight excluding hydrogens is 186 g/mol. The van der Waals surface area contributed by atoms with Crippen molar-refractivity contribution in [3.63, 3.8) is 0 Å². The number of nitrogens with zero attached hydrogens (tertiary/aromatic N) is 2. The lowest BCUT2D eigenvalue weighted by Gasteiger charge is -2.20. The maximum absolute atomic E-state index is 4.34. The van der Waals surface area contributed by atoms with Crippen LogP contribution in [-0.2, 0) is 6.42 Å². The summed E-state index contributed by atoms with van der Waals surface area (Å²) in [5, 5.41) is 3.42. The molecule has 0 bridgehead atoms. The van der Waals surface area contributed by atoms with Gasteiger partial charge in [0.1, 0.15) is 6.33 Å². The van der Waals surface area contributed by atoms with Gasteiger partial charge in [0.2, 0.25) is 0 Å². The molecule has 0 radical (unpaired) electrons. The highest BCUT2D eigenvalue weighted by atomic mass is 14.9. The van der Waals surface area contributed by atoms with Crippen LogP contribution in [0.1, 0.15) is 45.0 Å². The van der Waals surface area contributed by atoms with Crippen LogP contribution < -0.4 is 5.32 Å². The average molecular weight is 207 g/mol. The number of nitrogens with one attached hydrogen (secondary N) is 1. The summed E-state index contributed by atoms with van der Waals surface area (Å²) < 4.78 is 0. The number of hydrogen-bond donors (Lipinski definition) is 1. The number of aryl methyl sites for hydroxylation is 1. The predicted molar refractivity (Wildman–Crippen MR) is 63.0 cm³/mol. The van der Waals surface area contributed by atoms with E-state index in [1.54, 1.807) is 6.33 Å². The molecule has 1 N–H and O–H groups in total. The highest BCUT2D eigenvalue weighted by Crippen LogP contribution is 2.16. The van der Waals surface area contributed by atoms with E-state index in [4.69, 9.17) is 0 Å². The Hall–Kier alpha value is -0.960. The quantitative estimate of drug-likeness (QED) is 0.804. The molecule has 0 amide bonds. The fourth-order valence-corrected chi connectivity index (χ4v) is 1.61. The minimum absolute atomic E-state index is 0.429. The second-order valence-corrected chi connectivity index (χ2v) is 3.92. The van der Waals surface area contributed by atoms with Gasteiger partial charge in [-0.2, -0.15) is 0 Å². The molecule has 3 nitrogen and oxygen atoms in total. The molecule has 1 rings (SSSR count). The Morgan fingerprint density at radius 1 is 1.27 bits per heavy atom. The van der Waals surface area contributed by atoms with Gasteiger partial charge in [0.05, 0.1) is 0 Å². The summed E-state index contributed by atoms with van der Waals surface area (Å²) in [6.45, 7) is 9.64. The minimum atomic E-state index is 0.429. The Morgan fingerprint density at radius 3 is 2.60 bits per heavy atom. The molecule has 3 heteroatoms. The van der Waals surface area contributed by atoms with Crippen molar-refractivity contribution in [1.29, 1.82) is 0 Å². The Bertz CT molecular complexity index is 299. The lowest BCUT2D eigenvalue weighted by atomic mass is 9.99. The van der Waals surface area contributed by atoms with Crippen molar-refractivity contribution in [3.8, 4) is 0 Å². The summed E-state index contributed by atoms with van der Waals surface area (Å²) in [5.41, 5.74) is 2.26.